The molecule has 1 aromatic carbocycles. The van der Waals surface area contributed by atoms with Gasteiger partial charge in [0.05, 0.1) is 5.69 Å². The summed E-state index contributed by atoms with van der Waals surface area (Å²) >= 11 is 0. The minimum absolute atomic E-state index is 0.124. The summed E-state index contributed by atoms with van der Waals surface area (Å²) in [5, 5.41) is 0. The van der Waals surface area contributed by atoms with Gasteiger partial charge < -0.3 is 4.98 Å². The Labute approximate surface area is 128 Å². The zero-order valence-corrected chi connectivity index (χ0v) is 12.0. The number of halogens is 4. The first-order valence-electron chi connectivity index (χ1n) is 6.99. The number of benzene rings is 1. The van der Waals surface area contributed by atoms with Crippen LogP contribution < -0.4 is 5.56 Å². The maximum atomic E-state index is 13.2. The second-order valence-electron chi connectivity index (χ2n) is 5.43. The number of aromatic nitrogens is 2. The highest BCUT2D eigenvalue weighted by Gasteiger charge is 2.35. The Kier molecular flexibility index (Phi) is 3.93. The van der Waals surface area contributed by atoms with E-state index < -0.39 is 17.6 Å². The van der Waals surface area contributed by atoms with Crippen LogP contribution in [0, 0.1) is 5.82 Å². The van der Waals surface area contributed by atoms with Gasteiger partial charge in [-0.1, -0.05) is 12.1 Å². The van der Waals surface area contributed by atoms with Crippen molar-refractivity contribution in [1.29, 1.82) is 0 Å². The molecule has 3 rings (SSSR count). The summed E-state index contributed by atoms with van der Waals surface area (Å²) in [6.07, 6.45) is -4.38. The van der Waals surface area contributed by atoms with Crippen LogP contribution in [0.15, 0.2) is 29.1 Å². The summed E-state index contributed by atoms with van der Waals surface area (Å²) in [4.78, 5) is 19.0. The first-order valence-corrected chi connectivity index (χ1v) is 6.99. The number of hydrogen-bond donors (Lipinski definition) is 1. The molecule has 1 aliphatic heterocycles. The fourth-order valence-corrected chi connectivity index (χ4v) is 2.66. The van der Waals surface area contributed by atoms with Gasteiger partial charge in [0.1, 0.15) is 5.82 Å². The number of H-pyrrole nitrogens is 1. The van der Waals surface area contributed by atoms with E-state index in [1.165, 1.54) is 12.1 Å². The summed E-state index contributed by atoms with van der Waals surface area (Å²) in [5.74, 6) is -1.65. The number of nitrogens with one attached hydrogen (secondary N) is 1. The first kappa shape index (κ1) is 15.7. The van der Waals surface area contributed by atoms with Crippen molar-refractivity contribution in [3.63, 3.8) is 0 Å². The second kappa shape index (κ2) is 5.77. The predicted molar refractivity (Wildman–Crippen MR) is 74.1 cm³/mol. The Morgan fingerprint density at radius 2 is 2.09 bits per heavy atom. The average Bonchev–Trinajstić information content (AvgIpc) is 2.46. The lowest BCUT2D eigenvalue weighted by atomic mass is 10.1. The molecule has 4 nitrogen and oxygen atoms in total. The Morgan fingerprint density at radius 3 is 2.78 bits per heavy atom. The van der Waals surface area contributed by atoms with Crippen LogP contribution in [-0.2, 0) is 25.7 Å². The first-order chi connectivity index (χ1) is 10.8. The third-order valence-corrected chi connectivity index (χ3v) is 3.72. The summed E-state index contributed by atoms with van der Waals surface area (Å²) in [5.41, 5.74) is 0.388. The Morgan fingerprint density at radius 1 is 1.30 bits per heavy atom. The minimum atomic E-state index is -4.70. The molecule has 0 saturated carbocycles. The smallest absolute Gasteiger partial charge is 0.303 e. The van der Waals surface area contributed by atoms with Crippen LogP contribution in [0.4, 0.5) is 17.6 Å². The minimum Gasteiger partial charge on any atom is -0.303 e. The molecule has 0 radical (unpaired) electrons. The van der Waals surface area contributed by atoms with E-state index in [1.54, 1.807) is 17.1 Å². The molecule has 0 spiro atoms. The van der Waals surface area contributed by atoms with Gasteiger partial charge in [0, 0.05) is 25.2 Å². The normalized spacial score (nSPS) is 15.5. The van der Waals surface area contributed by atoms with Crippen LogP contribution in [-0.4, -0.2) is 21.4 Å². The van der Waals surface area contributed by atoms with E-state index in [0.29, 0.717) is 25.1 Å². The standard InChI is InChI=1S/C15H13F4N3O/c16-10-3-1-2-9(6-10)7-22-5-4-11-12(8-22)20-14(15(17,18)19)21-13(11)23/h1-3,6H,4-5,7-8H2,(H,20,21,23). The fraction of sp³-hybridized carbons (Fsp3) is 0.333. The molecule has 0 bridgehead atoms. The summed E-state index contributed by atoms with van der Waals surface area (Å²) in [7, 11) is 0. The van der Waals surface area contributed by atoms with Crippen molar-refractivity contribution in [2.75, 3.05) is 6.54 Å². The fourth-order valence-electron chi connectivity index (χ4n) is 2.66. The van der Waals surface area contributed by atoms with Gasteiger partial charge in [0.25, 0.3) is 5.56 Å². The molecule has 1 N–H and O–H groups in total. The van der Waals surface area contributed by atoms with E-state index in [1.807, 2.05) is 4.90 Å². The summed E-state index contributed by atoms with van der Waals surface area (Å²) in [6, 6.07) is 6.02. The third kappa shape index (κ3) is 3.42. The maximum Gasteiger partial charge on any atom is 0.449 e. The molecule has 2 heterocycles. The van der Waals surface area contributed by atoms with Crippen LogP contribution in [0.5, 0.6) is 0 Å². The van der Waals surface area contributed by atoms with Gasteiger partial charge >= 0.3 is 6.18 Å². The molecule has 122 valence electrons. The molecule has 0 saturated heterocycles. The molecule has 0 amide bonds. The molecule has 2 aromatic rings. The van der Waals surface area contributed by atoms with Gasteiger partial charge in [0.15, 0.2) is 0 Å². The second-order valence-corrected chi connectivity index (χ2v) is 5.43. The molecule has 0 aliphatic carbocycles. The van der Waals surface area contributed by atoms with Crippen LogP contribution in [0.2, 0.25) is 0 Å². The van der Waals surface area contributed by atoms with Crippen molar-refractivity contribution in [2.24, 2.45) is 0 Å². The SMILES string of the molecule is O=c1[nH]c(C(F)(F)F)nc2c1CCN(Cc1cccc(F)c1)C2. The van der Waals surface area contributed by atoms with E-state index in [9.17, 15) is 22.4 Å². The highest BCUT2D eigenvalue weighted by molar-refractivity contribution is 5.23. The summed E-state index contributed by atoms with van der Waals surface area (Å²) < 4.78 is 51.4. The molecule has 0 atom stereocenters. The van der Waals surface area contributed by atoms with E-state index in [4.69, 9.17) is 0 Å². The molecular formula is C15H13F4N3O. The average molecular weight is 327 g/mol. The quantitative estimate of drug-likeness (QED) is 0.862. The topological polar surface area (TPSA) is 49.0 Å². The molecule has 8 heteroatoms. The van der Waals surface area contributed by atoms with E-state index in [0.717, 1.165) is 0 Å². The highest BCUT2D eigenvalue weighted by atomic mass is 19.4. The molecule has 1 aliphatic rings. The van der Waals surface area contributed by atoms with Crippen LogP contribution in [0.1, 0.15) is 22.6 Å². The zero-order valence-electron chi connectivity index (χ0n) is 12.0. The largest absolute Gasteiger partial charge is 0.449 e. The molecule has 1 aromatic heterocycles. The van der Waals surface area contributed by atoms with Gasteiger partial charge in [-0.25, -0.2) is 9.37 Å². The number of fused-ring (bicyclic) bond motifs is 1. The monoisotopic (exact) mass is 327 g/mol. The number of alkyl halides is 3. The summed E-state index contributed by atoms with van der Waals surface area (Å²) in [6.45, 7) is 1.01. The van der Waals surface area contributed by atoms with E-state index >= 15 is 0 Å². The van der Waals surface area contributed by atoms with Crippen molar-refractivity contribution in [3.8, 4) is 0 Å². The van der Waals surface area contributed by atoms with E-state index in [2.05, 4.69) is 4.98 Å². The lowest BCUT2D eigenvalue weighted by molar-refractivity contribution is -0.145. The number of rotatable bonds is 2. The van der Waals surface area contributed by atoms with Gasteiger partial charge in [-0.05, 0) is 24.1 Å². The number of hydrogen-bond acceptors (Lipinski definition) is 3. The van der Waals surface area contributed by atoms with Gasteiger partial charge in [-0.15, -0.1) is 0 Å². The molecule has 23 heavy (non-hydrogen) atoms. The number of aromatic amines is 1. The molecule has 0 fully saturated rings. The van der Waals surface area contributed by atoms with Gasteiger partial charge in [0.2, 0.25) is 5.82 Å². The van der Waals surface area contributed by atoms with Gasteiger partial charge in [-0.2, -0.15) is 13.2 Å². The van der Waals surface area contributed by atoms with Crippen molar-refractivity contribution in [2.45, 2.75) is 25.7 Å². The number of nitrogens with zero attached hydrogens (tertiary/aromatic N) is 2. The lowest BCUT2D eigenvalue weighted by Gasteiger charge is -2.27. The Bertz CT molecular complexity index is 785. The Balaban J connectivity index is 1.85. The maximum absolute atomic E-state index is 13.2. The van der Waals surface area contributed by atoms with Crippen LogP contribution >= 0.6 is 0 Å². The van der Waals surface area contributed by atoms with Crippen molar-refractivity contribution < 1.29 is 17.6 Å². The lowest BCUT2D eigenvalue weighted by Crippen LogP contribution is -2.36. The van der Waals surface area contributed by atoms with Crippen LogP contribution in [0.25, 0.3) is 0 Å². The van der Waals surface area contributed by atoms with Gasteiger partial charge in [-0.3, -0.25) is 9.69 Å². The van der Waals surface area contributed by atoms with Crippen molar-refractivity contribution >= 4 is 0 Å². The highest BCUT2D eigenvalue weighted by Crippen LogP contribution is 2.26. The van der Waals surface area contributed by atoms with Crippen LogP contribution in [0.3, 0.4) is 0 Å². The molecule has 0 unspecified atom stereocenters. The predicted octanol–water partition coefficient (Wildman–Crippen LogP) is 2.49. The van der Waals surface area contributed by atoms with Crippen molar-refractivity contribution in [3.05, 3.63) is 63.1 Å². The molecular weight excluding hydrogens is 314 g/mol. The zero-order chi connectivity index (χ0) is 16.6. The third-order valence-electron chi connectivity index (χ3n) is 3.72. The van der Waals surface area contributed by atoms with E-state index in [-0.39, 0.29) is 23.6 Å². The van der Waals surface area contributed by atoms with Crippen molar-refractivity contribution in [1.82, 2.24) is 14.9 Å². The Hall–Kier alpha value is -2.22.